The van der Waals surface area contributed by atoms with E-state index < -0.39 is 0 Å². The standard InChI is InChI=1S/C18H21N3O3/c1-19-8-4-9-20-18(23)17-14(7-10-24-17)12-21-15-6-3-2-5-13(15)11-16(21)22/h2-3,5-7,10,19H,4,8-9,11-12H2,1H3,(H,20,23). The molecule has 1 aromatic carbocycles. The minimum Gasteiger partial charge on any atom is -0.459 e. The summed E-state index contributed by atoms with van der Waals surface area (Å²) in [6.45, 7) is 1.75. The fraction of sp³-hybridized carbons (Fsp3) is 0.333. The van der Waals surface area contributed by atoms with Crippen LogP contribution in [0, 0.1) is 0 Å². The number of furan rings is 1. The van der Waals surface area contributed by atoms with Crippen LogP contribution in [0.3, 0.4) is 0 Å². The number of amides is 2. The zero-order chi connectivity index (χ0) is 16.9. The first-order valence-corrected chi connectivity index (χ1v) is 8.08. The number of fused-ring (bicyclic) bond motifs is 1. The van der Waals surface area contributed by atoms with Crippen LogP contribution in [0.1, 0.15) is 28.1 Å². The number of hydrogen-bond acceptors (Lipinski definition) is 4. The Balaban J connectivity index is 1.70. The maximum atomic E-state index is 12.3. The summed E-state index contributed by atoms with van der Waals surface area (Å²) in [4.78, 5) is 26.2. The van der Waals surface area contributed by atoms with Gasteiger partial charge in [-0.2, -0.15) is 0 Å². The van der Waals surface area contributed by atoms with E-state index in [1.54, 1.807) is 11.0 Å². The Hall–Kier alpha value is -2.60. The molecule has 1 aliphatic heterocycles. The van der Waals surface area contributed by atoms with Gasteiger partial charge in [0.05, 0.1) is 19.2 Å². The van der Waals surface area contributed by atoms with E-state index in [1.165, 1.54) is 6.26 Å². The fourth-order valence-corrected chi connectivity index (χ4v) is 2.87. The second-order valence-electron chi connectivity index (χ2n) is 5.77. The van der Waals surface area contributed by atoms with Crippen LogP contribution in [0.4, 0.5) is 5.69 Å². The summed E-state index contributed by atoms with van der Waals surface area (Å²) in [5.41, 5.74) is 2.64. The van der Waals surface area contributed by atoms with Crippen LogP contribution in [-0.4, -0.2) is 32.0 Å². The van der Waals surface area contributed by atoms with Crippen molar-refractivity contribution >= 4 is 17.5 Å². The van der Waals surface area contributed by atoms with Crippen molar-refractivity contribution in [3.05, 3.63) is 53.5 Å². The molecular formula is C18H21N3O3. The third-order valence-corrected chi connectivity index (χ3v) is 4.10. The van der Waals surface area contributed by atoms with Gasteiger partial charge in [-0.3, -0.25) is 9.59 Å². The predicted molar refractivity (Wildman–Crippen MR) is 90.9 cm³/mol. The first-order chi connectivity index (χ1) is 11.7. The maximum absolute atomic E-state index is 12.3. The van der Waals surface area contributed by atoms with E-state index in [4.69, 9.17) is 4.42 Å². The average molecular weight is 327 g/mol. The van der Waals surface area contributed by atoms with E-state index in [2.05, 4.69) is 10.6 Å². The number of anilines is 1. The number of nitrogens with zero attached hydrogens (tertiary/aromatic N) is 1. The zero-order valence-electron chi connectivity index (χ0n) is 13.7. The molecule has 2 heterocycles. The van der Waals surface area contributed by atoms with Crippen molar-refractivity contribution in [1.82, 2.24) is 10.6 Å². The topological polar surface area (TPSA) is 74.6 Å². The molecule has 6 heteroatoms. The monoisotopic (exact) mass is 327 g/mol. The third-order valence-electron chi connectivity index (χ3n) is 4.10. The molecule has 1 aliphatic rings. The van der Waals surface area contributed by atoms with E-state index >= 15 is 0 Å². The minimum absolute atomic E-state index is 0.0396. The van der Waals surface area contributed by atoms with Gasteiger partial charge in [0.1, 0.15) is 0 Å². The summed E-state index contributed by atoms with van der Waals surface area (Å²) >= 11 is 0. The van der Waals surface area contributed by atoms with Gasteiger partial charge < -0.3 is 20.0 Å². The molecule has 0 fully saturated rings. The lowest BCUT2D eigenvalue weighted by Gasteiger charge is -2.17. The first kappa shape index (κ1) is 16.3. The lowest BCUT2D eigenvalue weighted by Crippen LogP contribution is -2.29. The van der Waals surface area contributed by atoms with Crippen molar-refractivity contribution in [1.29, 1.82) is 0 Å². The molecule has 2 N–H and O–H groups in total. The van der Waals surface area contributed by atoms with Gasteiger partial charge in [-0.15, -0.1) is 0 Å². The van der Waals surface area contributed by atoms with Gasteiger partial charge in [-0.1, -0.05) is 18.2 Å². The summed E-state index contributed by atoms with van der Waals surface area (Å²) in [6, 6.07) is 9.47. The predicted octanol–water partition coefficient (Wildman–Crippen LogP) is 1.71. The first-order valence-electron chi connectivity index (χ1n) is 8.08. The maximum Gasteiger partial charge on any atom is 0.287 e. The smallest absolute Gasteiger partial charge is 0.287 e. The second kappa shape index (κ2) is 7.31. The van der Waals surface area contributed by atoms with Gasteiger partial charge in [0, 0.05) is 17.8 Å². The number of para-hydroxylation sites is 1. The Morgan fingerprint density at radius 3 is 2.92 bits per heavy atom. The minimum atomic E-state index is -0.244. The number of carbonyl (C=O) groups is 2. The molecule has 1 aromatic heterocycles. The number of carbonyl (C=O) groups excluding carboxylic acids is 2. The number of rotatable bonds is 7. The SMILES string of the molecule is CNCCCNC(=O)c1occc1CN1C(=O)Cc2ccccc21. The van der Waals surface area contributed by atoms with Gasteiger partial charge >= 0.3 is 0 Å². The van der Waals surface area contributed by atoms with Gasteiger partial charge in [0.2, 0.25) is 5.91 Å². The van der Waals surface area contributed by atoms with Gasteiger partial charge in [-0.05, 0) is 37.7 Å². The van der Waals surface area contributed by atoms with Crippen LogP contribution < -0.4 is 15.5 Å². The molecule has 2 amide bonds. The summed E-state index contributed by atoms with van der Waals surface area (Å²) < 4.78 is 5.35. The lowest BCUT2D eigenvalue weighted by atomic mass is 10.1. The van der Waals surface area contributed by atoms with Crippen molar-refractivity contribution in [2.45, 2.75) is 19.4 Å². The van der Waals surface area contributed by atoms with Crippen LogP contribution in [0.25, 0.3) is 0 Å². The van der Waals surface area contributed by atoms with Crippen LogP contribution in [0.5, 0.6) is 0 Å². The zero-order valence-corrected chi connectivity index (χ0v) is 13.7. The quantitative estimate of drug-likeness (QED) is 0.759. The van der Waals surface area contributed by atoms with Crippen molar-refractivity contribution in [2.24, 2.45) is 0 Å². The fourth-order valence-electron chi connectivity index (χ4n) is 2.87. The second-order valence-corrected chi connectivity index (χ2v) is 5.77. The molecule has 2 aromatic rings. The molecular weight excluding hydrogens is 306 g/mol. The van der Waals surface area contributed by atoms with E-state index in [-0.39, 0.29) is 17.6 Å². The molecule has 0 spiro atoms. The molecule has 0 unspecified atom stereocenters. The molecule has 0 radical (unpaired) electrons. The van der Waals surface area contributed by atoms with Crippen LogP contribution in [-0.2, 0) is 17.8 Å². The molecule has 126 valence electrons. The Bertz CT molecular complexity index is 739. The molecule has 0 atom stereocenters. The molecule has 0 saturated heterocycles. The van der Waals surface area contributed by atoms with Crippen LogP contribution in [0.2, 0.25) is 0 Å². The molecule has 0 bridgehead atoms. The van der Waals surface area contributed by atoms with Crippen molar-refractivity contribution in [2.75, 3.05) is 25.0 Å². The lowest BCUT2D eigenvalue weighted by molar-refractivity contribution is -0.117. The highest BCUT2D eigenvalue weighted by atomic mass is 16.3. The number of benzene rings is 1. The molecule has 0 saturated carbocycles. The van der Waals surface area contributed by atoms with Crippen molar-refractivity contribution in [3.8, 4) is 0 Å². The molecule has 0 aliphatic carbocycles. The van der Waals surface area contributed by atoms with Gasteiger partial charge in [0.15, 0.2) is 5.76 Å². The van der Waals surface area contributed by atoms with E-state index in [9.17, 15) is 9.59 Å². The van der Waals surface area contributed by atoms with Gasteiger partial charge in [-0.25, -0.2) is 0 Å². The largest absolute Gasteiger partial charge is 0.459 e. The highest BCUT2D eigenvalue weighted by Crippen LogP contribution is 2.30. The number of nitrogens with one attached hydrogen (secondary N) is 2. The van der Waals surface area contributed by atoms with Crippen molar-refractivity contribution in [3.63, 3.8) is 0 Å². The summed E-state index contributed by atoms with van der Waals surface area (Å²) in [5.74, 6) is 0.0699. The molecule has 24 heavy (non-hydrogen) atoms. The van der Waals surface area contributed by atoms with Gasteiger partial charge in [0.25, 0.3) is 5.91 Å². The molecule has 3 rings (SSSR count). The Labute approximate surface area is 140 Å². The van der Waals surface area contributed by atoms with E-state index in [0.717, 1.165) is 24.2 Å². The highest BCUT2D eigenvalue weighted by Gasteiger charge is 2.28. The van der Waals surface area contributed by atoms with Crippen molar-refractivity contribution < 1.29 is 14.0 Å². The Morgan fingerprint density at radius 1 is 1.25 bits per heavy atom. The van der Waals surface area contributed by atoms with E-state index in [0.29, 0.717) is 25.1 Å². The summed E-state index contributed by atoms with van der Waals surface area (Å²) in [6.07, 6.45) is 2.74. The summed E-state index contributed by atoms with van der Waals surface area (Å²) in [5, 5.41) is 5.87. The molecule has 6 nitrogen and oxygen atoms in total. The Morgan fingerprint density at radius 2 is 2.08 bits per heavy atom. The van der Waals surface area contributed by atoms with Crippen LogP contribution >= 0.6 is 0 Å². The van der Waals surface area contributed by atoms with E-state index in [1.807, 2.05) is 31.3 Å². The third kappa shape index (κ3) is 3.33. The highest BCUT2D eigenvalue weighted by molar-refractivity contribution is 6.01. The van der Waals surface area contributed by atoms with Crippen LogP contribution in [0.15, 0.2) is 41.0 Å². The normalized spacial score (nSPS) is 13.2. The summed E-state index contributed by atoms with van der Waals surface area (Å²) in [7, 11) is 1.87. The Kier molecular flexibility index (Phi) is 4.96. The average Bonchev–Trinajstić information content (AvgIpc) is 3.17. The number of hydrogen-bond donors (Lipinski definition) is 2.